The molecule has 0 amide bonds. The molecule has 0 atom stereocenters. The summed E-state index contributed by atoms with van der Waals surface area (Å²) < 4.78 is 5.04. The van der Waals surface area contributed by atoms with E-state index >= 15 is 0 Å². The second kappa shape index (κ2) is 24.2. The van der Waals surface area contributed by atoms with Crippen molar-refractivity contribution in [3.05, 3.63) is 24.3 Å². The Morgan fingerprint density at radius 3 is 0.897 bits per heavy atom. The molecule has 0 aliphatic rings. The van der Waals surface area contributed by atoms with Crippen LogP contribution in [0.5, 0.6) is 0 Å². The van der Waals surface area contributed by atoms with Crippen LogP contribution in [0.2, 0.25) is 13.3 Å². The molecule has 0 bridgehead atoms. The van der Waals surface area contributed by atoms with Crippen molar-refractivity contribution in [1.82, 2.24) is 0 Å². The smallest absolute Gasteiger partial charge is 0.0643 e. The van der Waals surface area contributed by atoms with Gasteiger partial charge in [-0.3, -0.25) is 0 Å². The van der Waals surface area contributed by atoms with Gasteiger partial charge in [-0.05, 0) is 24.3 Å². The Hall–Kier alpha value is -1.84. The van der Waals surface area contributed by atoms with Gasteiger partial charge >= 0.3 is 92.4 Å². The van der Waals surface area contributed by atoms with Crippen LogP contribution in [0.15, 0.2) is 24.3 Å². The van der Waals surface area contributed by atoms with E-state index in [-0.39, 0.29) is 0 Å². The molecule has 0 saturated carbocycles. The predicted octanol–water partition coefficient (Wildman–Crippen LogP) is -1.03. The van der Waals surface area contributed by atoms with Gasteiger partial charge in [0, 0.05) is 0 Å². The third-order valence-corrected chi connectivity index (χ3v) is 12.4. The summed E-state index contributed by atoms with van der Waals surface area (Å²) in [5.74, 6) is -6.19. The van der Waals surface area contributed by atoms with Gasteiger partial charge in [-0.1, -0.05) is 0 Å². The number of carboxylic acid groups (broad SMARTS) is 4. The molecular formula is C20H31O8Sn. The molecule has 0 spiro atoms. The summed E-state index contributed by atoms with van der Waals surface area (Å²) in [6, 6.07) is 0. The van der Waals surface area contributed by atoms with E-state index in [0.29, 0.717) is 24.3 Å². The van der Waals surface area contributed by atoms with Gasteiger partial charge in [0.25, 0.3) is 0 Å². The Balaban J connectivity index is -0.000000368. The fourth-order valence-corrected chi connectivity index (χ4v) is 11.4. The number of carboxylic acids is 4. The second-order valence-corrected chi connectivity index (χ2v) is 14.6. The quantitative estimate of drug-likeness (QED) is 0.221. The number of hydrogen-bond donors (Lipinski definition) is 0. The van der Waals surface area contributed by atoms with Gasteiger partial charge in [0.05, 0.1) is 23.9 Å². The van der Waals surface area contributed by atoms with Crippen LogP contribution >= 0.6 is 0 Å². The standard InChI is InChI=1S/2C4H4O4.3C4H9.Sn/c2*5-3(6)1-2-4(7)8;3*1-3-4-2;/h2*1-2H,(H,5,6)(H,7,8);3*1,3-4H2,2H3;/q;;;;;+4/p-4/b2*2-1-;;;;. The first-order valence-corrected chi connectivity index (χ1v) is 15.7. The molecule has 0 rings (SSSR count). The van der Waals surface area contributed by atoms with Crippen molar-refractivity contribution in [2.45, 2.75) is 72.6 Å². The summed E-state index contributed by atoms with van der Waals surface area (Å²) >= 11 is -0.839. The molecule has 163 valence electrons. The molecule has 9 heteroatoms. The maximum absolute atomic E-state index is 9.41. The van der Waals surface area contributed by atoms with Crippen molar-refractivity contribution in [1.29, 1.82) is 0 Å². The topological polar surface area (TPSA) is 161 Å². The molecule has 0 aliphatic carbocycles. The average molecular weight is 518 g/mol. The first kappa shape index (κ1) is 31.8. The van der Waals surface area contributed by atoms with Crippen molar-refractivity contribution in [2.75, 3.05) is 0 Å². The molecule has 0 saturated heterocycles. The average Bonchev–Trinajstić information content (AvgIpc) is 2.65. The van der Waals surface area contributed by atoms with Crippen molar-refractivity contribution in [3.8, 4) is 0 Å². The van der Waals surface area contributed by atoms with Gasteiger partial charge in [0.15, 0.2) is 0 Å². The molecule has 0 heterocycles. The Kier molecular flexibility index (Phi) is 26.6. The molecule has 0 aromatic rings. The molecule has 29 heavy (non-hydrogen) atoms. The van der Waals surface area contributed by atoms with E-state index in [2.05, 4.69) is 20.8 Å². The Morgan fingerprint density at radius 1 is 0.552 bits per heavy atom. The van der Waals surface area contributed by atoms with Crippen LogP contribution in [-0.2, 0) is 19.2 Å². The summed E-state index contributed by atoms with van der Waals surface area (Å²) in [5, 5.41) is 37.7. The number of hydrogen-bond acceptors (Lipinski definition) is 8. The number of aliphatic carboxylic acids is 4. The minimum absolute atomic E-state index is 0.384. The first-order valence-electron chi connectivity index (χ1n) is 9.64. The van der Waals surface area contributed by atoms with Crippen LogP contribution in [0.4, 0.5) is 0 Å². The zero-order valence-electron chi connectivity index (χ0n) is 17.4. The van der Waals surface area contributed by atoms with Gasteiger partial charge in [-0.2, -0.15) is 0 Å². The summed E-state index contributed by atoms with van der Waals surface area (Å²) in [4.78, 5) is 37.7. The van der Waals surface area contributed by atoms with Crippen LogP contribution in [-0.4, -0.2) is 43.6 Å². The summed E-state index contributed by atoms with van der Waals surface area (Å²) in [6.45, 7) is 7.00. The molecule has 0 aromatic heterocycles. The third-order valence-electron chi connectivity index (χ3n) is 3.36. The molecule has 5 radical (unpaired) electrons. The Morgan fingerprint density at radius 2 is 0.759 bits per heavy atom. The second-order valence-electron chi connectivity index (χ2n) is 6.00. The molecular weight excluding hydrogens is 487 g/mol. The zero-order chi connectivity index (χ0) is 23.1. The van der Waals surface area contributed by atoms with Crippen LogP contribution in [0.3, 0.4) is 0 Å². The summed E-state index contributed by atoms with van der Waals surface area (Å²) in [5.41, 5.74) is 0. The van der Waals surface area contributed by atoms with Gasteiger partial charge < -0.3 is 39.6 Å². The number of rotatable bonds is 13. The van der Waals surface area contributed by atoms with Crippen molar-refractivity contribution in [3.63, 3.8) is 0 Å². The molecule has 0 N–H and O–H groups in total. The first-order chi connectivity index (χ1) is 13.6. The van der Waals surface area contributed by atoms with Gasteiger partial charge in [-0.25, -0.2) is 0 Å². The minimum Gasteiger partial charge on any atom is -0.545 e. The van der Waals surface area contributed by atoms with Gasteiger partial charge in [0.2, 0.25) is 0 Å². The third kappa shape index (κ3) is 37.6. The van der Waals surface area contributed by atoms with E-state index in [1.54, 1.807) is 13.3 Å². The number of carbonyl (C=O) groups is 4. The van der Waals surface area contributed by atoms with Crippen LogP contribution < -0.4 is 20.4 Å². The minimum atomic E-state index is -1.55. The summed E-state index contributed by atoms with van der Waals surface area (Å²) in [6.07, 6.45) is 10.4. The van der Waals surface area contributed by atoms with Crippen molar-refractivity contribution in [2.24, 2.45) is 0 Å². The van der Waals surface area contributed by atoms with E-state index in [9.17, 15) is 39.6 Å². The monoisotopic (exact) mass is 519 g/mol. The number of carbonyl (C=O) groups excluding carboxylic acids is 4. The van der Waals surface area contributed by atoms with Gasteiger partial charge in [0.1, 0.15) is 0 Å². The van der Waals surface area contributed by atoms with Crippen LogP contribution in [0.25, 0.3) is 0 Å². The van der Waals surface area contributed by atoms with E-state index in [0.717, 1.165) is 0 Å². The molecule has 0 fully saturated rings. The molecule has 0 aromatic carbocycles. The van der Waals surface area contributed by atoms with E-state index < -0.39 is 43.6 Å². The molecule has 0 aliphatic heterocycles. The van der Waals surface area contributed by atoms with Crippen molar-refractivity contribution >= 4 is 43.6 Å². The molecule has 0 unspecified atom stereocenters. The zero-order valence-corrected chi connectivity index (χ0v) is 20.3. The molecule has 8 nitrogen and oxygen atoms in total. The fourth-order valence-electron chi connectivity index (χ4n) is 1.93. The maximum Gasteiger partial charge on any atom is 0.0643 e. The largest absolute Gasteiger partial charge is 0.545 e. The van der Waals surface area contributed by atoms with Crippen LogP contribution in [0, 0.1) is 0 Å². The Labute approximate surface area is 180 Å². The van der Waals surface area contributed by atoms with E-state index in [1.807, 2.05) is 0 Å². The normalized spacial score (nSPS) is 10.2. The van der Waals surface area contributed by atoms with E-state index in [1.165, 1.54) is 38.5 Å². The van der Waals surface area contributed by atoms with Crippen LogP contribution in [0.1, 0.15) is 59.3 Å². The van der Waals surface area contributed by atoms with Crippen molar-refractivity contribution < 1.29 is 39.6 Å². The van der Waals surface area contributed by atoms with E-state index in [4.69, 9.17) is 0 Å². The SMILES string of the molecule is CCC[CH2][Sn+4]([CH2]CCC)[CH2]CCC.O=C([O-])/C=C\C(=O)[O-].O=C([O-])/C=C\C(=O)[O-]. The number of unbranched alkanes of at least 4 members (excludes halogenated alkanes) is 3. The summed E-state index contributed by atoms with van der Waals surface area (Å²) in [7, 11) is 0. The Bertz CT molecular complexity index is 430. The fraction of sp³-hybridized carbons (Fsp3) is 0.600. The van der Waals surface area contributed by atoms with Gasteiger partial charge in [-0.15, -0.1) is 0 Å². The maximum atomic E-state index is 9.41. The predicted molar refractivity (Wildman–Crippen MR) is 103 cm³/mol.